The van der Waals surface area contributed by atoms with E-state index in [1.165, 1.54) is 23.1 Å². The van der Waals surface area contributed by atoms with E-state index in [0.717, 1.165) is 4.90 Å². The summed E-state index contributed by atoms with van der Waals surface area (Å²) in [6.45, 7) is 0.941. The van der Waals surface area contributed by atoms with Gasteiger partial charge in [0.25, 0.3) is 5.91 Å². The molecule has 0 aliphatic carbocycles. The Hall–Kier alpha value is -1.95. The first-order chi connectivity index (χ1) is 8.70. The van der Waals surface area contributed by atoms with Crippen LogP contribution in [0.25, 0.3) is 0 Å². The number of fused-ring (bicyclic) bond motifs is 1. The van der Waals surface area contributed by atoms with Crippen LogP contribution in [0.15, 0.2) is 24.3 Å². The van der Waals surface area contributed by atoms with Gasteiger partial charge in [0, 0.05) is 6.54 Å². The van der Waals surface area contributed by atoms with E-state index >= 15 is 0 Å². The van der Waals surface area contributed by atoms with Crippen LogP contribution in [0.3, 0.4) is 0 Å². The molecule has 2 aliphatic rings. The number of para-hydroxylation sites is 1. The van der Waals surface area contributed by atoms with Crippen molar-refractivity contribution in [2.75, 3.05) is 24.7 Å². The zero-order chi connectivity index (χ0) is 12.7. The summed E-state index contributed by atoms with van der Waals surface area (Å²) in [6, 6.07) is 4.66. The first-order valence-electron chi connectivity index (χ1n) is 5.67. The topological polar surface area (TPSA) is 49.9 Å². The molecule has 1 aromatic carbocycles. The van der Waals surface area contributed by atoms with E-state index in [0.29, 0.717) is 13.2 Å². The van der Waals surface area contributed by atoms with Crippen molar-refractivity contribution in [3.05, 3.63) is 30.1 Å². The molecule has 1 aromatic rings. The number of morpholine rings is 1. The second-order valence-corrected chi connectivity index (χ2v) is 4.19. The van der Waals surface area contributed by atoms with E-state index < -0.39 is 23.8 Å². The van der Waals surface area contributed by atoms with Crippen LogP contribution in [0.5, 0.6) is 0 Å². The van der Waals surface area contributed by atoms with Gasteiger partial charge in [0.1, 0.15) is 11.9 Å². The fourth-order valence-electron chi connectivity index (χ4n) is 2.26. The third-order valence-electron chi connectivity index (χ3n) is 3.16. The van der Waals surface area contributed by atoms with Crippen molar-refractivity contribution in [2.45, 2.75) is 6.04 Å². The van der Waals surface area contributed by atoms with Gasteiger partial charge in [-0.3, -0.25) is 4.79 Å². The molecular weight excluding hydrogens is 239 g/mol. The van der Waals surface area contributed by atoms with Gasteiger partial charge in [-0.1, -0.05) is 12.1 Å². The van der Waals surface area contributed by atoms with E-state index in [1.54, 1.807) is 6.07 Å². The molecule has 18 heavy (non-hydrogen) atoms. The fraction of sp³-hybridized carbons (Fsp3) is 0.333. The standard InChI is InChI=1S/C12H11FN2O3/c13-8-3-1-2-4-9(8)15-11(16)10-7-18-6-5-14(10)12(15)17/h1-4,10H,5-7H2. The smallest absolute Gasteiger partial charge is 0.332 e. The number of urea groups is 1. The maximum absolute atomic E-state index is 13.7. The van der Waals surface area contributed by atoms with Crippen molar-refractivity contribution in [3.63, 3.8) is 0 Å². The zero-order valence-corrected chi connectivity index (χ0v) is 9.51. The predicted octanol–water partition coefficient (Wildman–Crippen LogP) is 0.993. The Morgan fingerprint density at radius 1 is 1.28 bits per heavy atom. The molecule has 0 N–H and O–H groups in total. The number of rotatable bonds is 1. The number of hydrogen-bond acceptors (Lipinski definition) is 3. The lowest BCUT2D eigenvalue weighted by atomic mass is 10.2. The van der Waals surface area contributed by atoms with Gasteiger partial charge in [-0.15, -0.1) is 0 Å². The van der Waals surface area contributed by atoms with Crippen molar-refractivity contribution in [1.82, 2.24) is 4.90 Å². The van der Waals surface area contributed by atoms with Gasteiger partial charge in [0.2, 0.25) is 0 Å². The quantitative estimate of drug-likeness (QED) is 0.698. The number of carbonyl (C=O) groups excluding carboxylic acids is 2. The Balaban J connectivity index is 2.00. The van der Waals surface area contributed by atoms with Crippen LogP contribution in [0.1, 0.15) is 0 Å². The molecule has 2 aliphatic heterocycles. The van der Waals surface area contributed by atoms with Gasteiger partial charge in [0.05, 0.1) is 18.9 Å². The molecule has 3 rings (SSSR count). The average Bonchev–Trinajstić information content (AvgIpc) is 2.64. The molecule has 1 unspecified atom stereocenters. The van der Waals surface area contributed by atoms with Crippen molar-refractivity contribution in [1.29, 1.82) is 0 Å². The summed E-state index contributed by atoms with van der Waals surface area (Å²) >= 11 is 0. The van der Waals surface area contributed by atoms with E-state index in [4.69, 9.17) is 4.74 Å². The number of halogens is 1. The lowest BCUT2D eigenvalue weighted by Gasteiger charge is -2.26. The number of hydrogen-bond donors (Lipinski definition) is 0. The molecule has 5 nitrogen and oxygen atoms in total. The first-order valence-corrected chi connectivity index (χ1v) is 5.67. The second kappa shape index (κ2) is 4.06. The monoisotopic (exact) mass is 250 g/mol. The Morgan fingerprint density at radius 2 is 2.06 bits per heavy atom. The minimum Gasteiger partial charge on any atom is -0.377 e. The maximum atomic E-state index is 13.7. The van der Waals surface area contributed by atoms with Crippen LogP contribution in [0.2, 0.25) is 0 Å². The van der Waals surface area contributed by atoms with E-state index in [1.807, 2.05) is 0 Å². The highest BCUT2D eigenvalue weighted by atomic mass is 19.1. The molecule has 0 spiro atoms. The van der Waals surface area contributed by atoms with Crippen LogP contribution < -0.4 is 4.90 Å². The lowest BCUT2D eigenvalue weighted by Crippen LogP contribution is -2.45. The fourth-order valence-corrected chi connectivity index (χ4v) is 2.26. The summed E-state index contributed by atoms with van der Waals surface area (Å²) in [5.74, 6) is -1.01. The van der Waals surface area contributed by atoms with Crippen molar-refractivity contribution in [2.24, 2.45) is 0 Å². The van der Waals surface area contributed by atoms with Crippen LogP contribution in [-0.2, 0) is 9.53 Å². The van der Waals surface area contributed by atoms with Gasteiger partial charge in [-0.05, 0) is 12.1 Å². The number of amides is 3. The average molecular weight is 250 g/mol. The summed E-state index contributed by atoms with van der Waals surface area (Å²) in [4.78, 5) is 26.6. The highest BCUT2D eigenvalue weighted by Crippen LogP contribution is 2.28. The van der Waals surface area contributed by atoms with Gasteiger partial charge in [-0.2, -0.15) is 0 Å². The number of nitrogens with zero attached hydrogens (tertiary/aromatic N) is 2. The van der Waals surface area contributed by atoms with Crippen molar-refractivity contribution < 1.29 is 18.7 Å². The minimum absolute atomic E-state index is 0.00176. The SMILES string of the molecule is O=C1C2COCCN2C(=O)N1c1ccccc1F. The third kappa shape index (κ3) is 1.49. The highest BCUT2D eigenvalue weighted by Gasteiger charge is 2.47. The summed E-state index contributed by atoms with van der Waals surface area (Å²) in [6.07, 6.45) is 0. The Morgan fingerprint density at radius 3 is 2.78 bits per heavy atom. The molecule has 0 saturated carbocycles. The highest BCUT2D eigenvalue weighted by molar-refractivity contribution is 6.21. The maximum Gasteiger partial charge on any atom is 0.332 e. The third-order valence-corrected chi connectivity index (χ3v) is 3.16. The minimum atomic E-state index is -0.620. The number of benzene rings is 1. The molecule has 2 saturated heterocycles. The Kier molecular flexibility index (Phi) is 2.52. The number of ether oxygens (including phenoxy) is 1. The molecule has 2 fully saturated rings. The molecule has 3 amide bonds. The lowest BCUT2D eigenvalue weighted by molar-refractivity contribution is -0.123. The molecule has 1 atom stereocenters. The van der Waals surface area contributed by atoms with Gasteiger partial charge >= 0.3 is 6.03 Å². The molecule has 0 aromatic heterocycles. The van der Waals surface area contributed by atoms with Crippen molar-refractivity contribution in [3.8, 4) is 0 Å². The summed E-state index contributed by atoms with van der Waals surface area (Å²) in [5.41, 5.74) is 0.00176. The summed E-state index contributed by atoms with van der Waals surface area (Å²) < 4.78 is 18.9. The van der Waals surface area contributed by atoms with Crippen LogP contribution in [0, 0.1) is 5.82 Å². The first kappa shape index (κ1) is 11.2. The normalized spacial score (nSPS) is 23.5. The van der Waals surface area contributed by atoms with Gasteiger partial charge in [0.15, 0.2) is 0 Å². The largest absolute Gasteiger partial charge is 0.377 e. The van der Waals surface area contributed by atoms with Crippen molar-refractivity contribution >= 4 is 17.6 Å². The zero-order valence-electron chi connectivity index (χ0n) is 9.51. The Bertz CT molecular complexity index is 496. The predicted molar refractivity (Wildman–Crippen MR) is 60.6 cm³/mol. The molecule has 94 valence electrons. The Labute approximate surface area is 103 Å². The number of imide groups is 1. The number of anilines is 1. The second-order valence-electron chi connectivity index (χ2n) is 4.19. The molecule has 2 heterocycles. The molecule has 6 heteroatoms. The van der Waals surface area contributed by atoms with E-state index in [9.17, 15) is 14.0 Å². The summed E-state index contributed by atoms with van der Waals surface area (Å²) in [7, 11) is 0. The van der Waals surface area contributed by atoms with Crippen LogP contribution in [0.4, 0.5) is 14.9 Å². The van der Waals surface area contributed by atoms with Crippen LogP contribution in [-0.4, -0.2) is 42.6 Å². The van der Waals surface area contributed by atoms with Gasteiger partial charge < -0.3 is 9.64 Å². The summed E-state index contributed by atoms with van der Waals surface area (Å²) in [5, 5.41) is 0. The van der Waals surface area contributed by atoms with E-state index in [-0.39, 0.29) is 12.3 Å². The van der Waals surface area contributed by atoms with E-state index in [2.05, 4.69) is 0 Å². The molecule has 0 bridgehead atoms. The number of carbonyl (C=O) groups is 2. The molecular formula is C12H11FN2O3. The van der Waals surface area contributed by atoms with Crippen LogP contribution >= 0.6 is 0 Å². The molecule has 0 radical (unpaired) electrons. The van der Waals surface area contributed by atoms with Gasteiger partial charge in [-0.25, -0.2) is 14.1 Å².